The molecule has 1 aliphatic heterocycles. The predicted molar refractivity (Wildman–Crippen MR) is 95.6 cm³/mol. The molecule has 8 N–H and O–H groups in total. The van der Waals surface area contributed by atoms with Crippen molar-refractivity contribution < 1.29 is 34.2 Å². The molecule has 1 aliphatic rings. The zero-order valence-electron chi connectivity index (χ0n) is 15.6. The number of carboxylic acids is 1. The Kier molecular flexibility index (Phi) is 9.32. The van der Waals surface area contributed by atoms with Crippen molar-refractivity contribution in [1.29, 1.82) is 0 Å². The topological polar surface area (TPSA) is 200 Å². The summed E-state index contributed by atoms with van der Waals surface area (Å²) in [5.41, 5.74) is 5.06. The van der Waals surface area contributed by atoms with Gasteiger partial charge < -0.3 is 37.2 Å². The highest BCUT2D eigenvalue weighted by Gasteiger charge is 2.30. The van der Waals surface area contributed by atoms with Gasteiger partial charge in [0.1, 0.15) is 6.04 Å². The summed E-state index contributed by atoms with van der Waals surface area (Å²) >= 11 is 0. The maximum atomic E-state index is 12.3. The van der Waals surface area contributed by atoms with Gasteiger partial charge in [0.25, 0.3) is 0 Å². The molecule has 0 bridgehead atoms. The van der Waals surface area contributed by atoms with Crippen LogP contribution in [0.15, 0.2) is 0 Å². The SMILES string of the molecule is CC(O)C(NC(=O)C(CCC(N)=O)NC(=O)CNC(=O)C1CCCN1)C(=O)O. The highest BCUT2D eigenvalue weighted by Crippen LogP contribution is 2.04. The number of nitrogens with one attached hydrogen (secondary N) is 4. The maximum Gasteiger partial charge on any atom is 0.328 e. The molecule has 1 fully saturated rings. The van der Waals surface area contributed by atoms with E-state index in [-0.39, 0.29) is 24.8 Å². The summed E-state index contributed by atoms with van der Waals surface area (Å²) in [6.45, 7) is 1.51. The number of aliphatic carboxylic acids is 1. The van der Waals surface area contributed by atoms with E-state index in [0.717, 1.165) is 6.42 Å². The van der Waals surface area contributed by atoms with Gasteiger partial charge in [-0.1, -0.05) is 0 Å². The van der Waals surface area contributed by atoms with E-state index < -0.39 is 48.4 Å². The fourth-order valence-corrected chi connectivity index (χ4v) is 2.64. The predicted octanol–water partition coefficient (Wildman–Crippen LogP) is -3.44. The first-order valence-corrected chi connectivity index (χ1v) is 8.91. The van der Waals surface area contributed by atoms with Crippen molar-refractivity contribution in [2.24, 2.45) is 5.73 Å². The molecule has 158 valence electrons. The van der Waals surface area contributed by atoms with Crippen molar-refractivity contribution >= 4 is 29.6 Å². The van der Waals surface area contributed by atoms with E-state index in [9.17, 15) is 29.1 Å². The van der Waals surface area contributed by atoms with Crippen molar-refractivity contribution in [1.82, 2.24) is 21.3 Å². The van der Waals surface area contributed by atoms with Gasteiger partial charge >= 0.3 is 5.97 Å². The average molecular weight is 401 g/mol. The number of nitrogens with two attached hydrogens (primary N) is 1. The molecule has 1 saturated heterocycles. The van der Waals surface area contributed by atoms with Crippen molar-refractivity contribution in [2.75, 3.05) is 13.1 Å². The zero-order chi connectivity index (χ0) is 21.3. The Bertz CT molecular complexity index is 604. The van der Waals surface area contributed by atoms with E-state index in [4.69, 9.17) is 10.8 Å². The Morgan fingerprint density at radius 3 is 2.39 bits per heavy atom. The number of aliphatic hydroxyl groups is 1. The van der Waals surface area contributed by atoms with Gasteiger partial charge in [0.15, 0.2) is 6.04 Å². The molecule has 4 atom stereocenters. The van der Waals surface area contributed by atoms with Crippen LogP contribution in [0.5, 0.6) is 0 Å². The molecule has 0 saturated carbocycles. The summed E-state index contributed by atoms with van der Waals surface area (Å²) in [5, 5.41) is 28.3. The van der Waals surface area contributed by atoms with Crippen molar-refractivity contribution in [3.05, 3.63) is 0 Å². The summed E-state index contributed by atoms with van der Waals surface area (Å²) in [7, 11) is 0. The fourth-order valence-electron chi connectivity index (χ4n) is 2.64. The van der Waals surface area contributed by atoms with Gasteiger partial charge in [0.2, 0.25) is 23.6 Å². The van der Waals surface area contributed by atoms with Gasteiger partial charge in [0.05, 0.1) is 18.7 Å². The van der Waals surface area contributed by atoms with Gasteiger partial charge in [-0.15, -0.1) is 0 Å². The molecule has 0 aromatic heterocycles. The molecule has 0 aliphatic carbocycles. The Labute approximate surface area is 161 Å². The van der Waals surface area contributed by atoms with Crippen LogP contribution >= 0.6 is 0 Å². The lowest BCUT2D eigenvalue weighted by Crippen LogP contribution is -2.56. The maximum absolute atomic E-state index is 12.3. The molecule has 1 rings (SSSR count). The lowest BCUT2D eigenvalue weighted by atomic mass is 10.1. The molecule has 1 heterocycles. The van der Waals surface area contributed by atoms with Gasteiger partial charge in [-0.25, -0.2) is 4.79 Å². The average Bonchev–Trinajstić information content (AvgIpc) is 3.14. The summed E-state index contributed by atoms with van der Waals surface area (Å²) in [6.07, 6.45) is -0.270. The number of carboxylic acid groups (broad SMARTS) is 1. The van der Waals surface area contributed by atoms with E-state index >= 15 is 0 Å². The number of amides is 4. The molecule has 0 spiro atoms. The van der Waals surface area contributed by atoms with E-state index in [0.29, 0.717) is 13.0 Å². The third-order valence-corrected chi connectivity index (χ3v) is 4.18. The number of hydrogen-bond acceptors (Lipinski definition) is 7. The van der Waals surface area contributed by atoms with E-state index in [1.165, 1.54) is 6.92 Å². The van der Waals surface area contributed by atoms with Crippen LogP contribution in [0.25, 0.3) is 0 Å². The second kappa shape index (κ2) is 11.2. The molecule has 12 heteroatoms. The van der Waals surface area contributed by atoms with Crippen LogP contribution in [0.2, 0.25) is 0 Å². The lowest BCUT2D eigenvalue weighted by molar-refractivity contribution is -0.145. The molecule has 4 unspecified atom stereocenters. The Morgan fingerprint density at radius 1 is 1.21 bits per heavy atom. The highest BCUT2D eigenvalue weighted by atomic mass is 16.4. The Morgan fingerprint density at radius 2 is 1.89 bits per heavy atom. The lowest BCUT2D eigenvalue weighted by Gasteiger charge is -2.22. The molecular weight excluding hydrogens is 374 g/mol. The molecule has 0 aromatic carbocycles. The van der Waals surface area contributed by atoms with Crippen LogP contribution in [0.3, 0.4) is 0 Å². The van der Waals surface area contributed by atoms with E-state index in [1.54, 1.807) is 0 Å². The number of hydrogen-bond donors (Lipinski definition) is 7. The minimum atomic E-state index is -1.59. The Hall–Kier alpha value is -2.73. The van der Waals surface area contributed by atoms with Crippen molar-refractivity contribution in [3.8, 4) is 0 Å². The molecule has 28 heavy (non-hydrogen) atoms. The van der Waals surface area contributed by atoms with Gasteiger partial charge in [0, 0.05) is 6.42 Å². The monoisotopic (exact) mass is 401 g/mol. The largest absolute Gasteiger partial charge is 0.480 e. The molecule has 0 aromatic rings. The van der Waals surface area contributed by atoms with Crippen molar-refractivity contribution in [3.63, 3.8) is 0 Å². The first kappa shape index (κ1) is 23.3. The van der Waals surface area contributed by atoms with E-state index in [1.807, 2.05) is 0 Å². The van der Waals surface area contributed by atoms with E-state index in [2.05, 4.69) is 21.3 Å². The van der Waals surface area contributed by atoms with Crippen LogP contribution in [-0.2, 0) is 24.0 Å². The number of primary amides is 1. The molecule has 12 nitrogen and oxygen atoms in total. The molecule has 4 amide bonds. The second-order valence-corrected chi connectivity index (χ2v) is 6.56. The van der Waals surface area contributed by atoms with Gasteiger partial charge in [-0.05, 0) is 32.7 Å². The van der Waals surface area contributed by atoms with Crippen LogP contribution in [0.1, 0.15) is 32.6 Å². The normalized spacial score (nSPS) is 19.1. The first-order valence-electron chi connectivity index (χ1n) is 8.91. The minimum Gasteiger partial charge on any atom is -0.480 e. The quantitative estimate of drug-likeness (QED) is 0.185. The third kappa shape index (κ3) is 7.88. The summed E-state index contributed by atoms with van der Waals surface area (Å²) in [5.74, 6) is -4.10. The fraction of sp³-hybridized carbons (Fsp3) is 0.688. The third-order valence-electron chi connectivity index (χ3n) is 4.18. The highest BCUT2D eigenvalue weighted by molar-refractivity contribution is 5.93. The van der Waals surface area contributed by atoms with Crippen LogP contribution in [0, 0.1) is 0 Å². The summed E-state index contributed by atoms with van der Waals surface area (Å²) in [4.78, 5) is 58.4. The number of rotatable bonds is 11. The minimum absolute atomic E-state index is 0.169. The van der Waals surface area contributed by atoms with Gasteiger partial charge in [-0.2, -0.15) is 0 Å². The zero-order valence-corrected chi connectivity index (χ0v) is 15.6. The second-order valence-electron chi connectivity index (χ2n) is 6.56. The van der Waals surface area contributed by atoms with Gasteiger partial charge in [-0.3, -0.25) is 19.2 Å². The van der Waals surface area contributed by atoms with Crippen LogP contribution in [-0.4, -0.2) is 77.1 Å². The number of aliphatic hydroxyl groups excluding tert-OH is 1. The molecule has 0 radical (unpaired) electrons. The molecular formula is C16H27N5O7. The number of carbonyl (C=O) groups is 5. The van der Waals surface area contributed by atoms with Crippen LogP contribution < -0.4 is 27.0 Å². The van der Waals surface area contributed by atoms with Crippen molar-refractivity contribution in [2.45, 2.75) is 56.8 Å². The Balaban J connectivity index is 2.64. The summed E-state index contributed by atoms with van der Waals surface area (Å²) < 4.78 is 0. The summed E-state index contributed by atoms with van der Waals surface area (Å²) in [6, 6.07) is -3.22. The van der Waals surface area contributed by atoms with Crippen LogP contribution in [0.4, 0.5) is 0 Å². The first-order chi connectivity index (χ1) is 13.1. The smallest absolute Gasteiger partial charge is 0.328 e. The standard InChI is InChI=1S/C16H27N5O7/c1-8(22)13(16(27)28)21-15(26)10(4-5-11(17)23)20-12(24)7-19-14(25)9-3-2-6-18-9/h8-10,13,18,22H,2-7H2,1H3,(H2,17,23)(H,19,25)(H,20,24)(H,21,26)(H,27,28). The number of carbonyl (C=O) groups excluding carboxylic acids is 4.